The topological polar surface area (TPSA) is 46.3 Å². The molecule has 1 aromatic carbocycles. The van der Waals surface area contributed by atoms with E-state index >= 15 is 0 Å². The molecule has 0 atom stereocenters. The van der Waals surface area contributed by atoms with Gasteiger partial charge in [-0.3, -0.25) is 4.79 Å². The van der Waals surface area contributed by atoms with Crippen molar-refractivity contribution in [2.45, 2.75) is 37.9 Å². The van der Waals surface area contributed by atoms with Gasteiger partial charge in [0.05, 0.1) is 5.54 Å². The zero-order chi connectivity index (χ0) is 11.2. The van der Waals surface area contributed by atoms with Crippen LogP contribution in [0.1, 0.15) is 30.4 Å². The molecule has 84 valence electrons. The van der Waals surface area contributed by atoms with Gasteiger partial charge in [0.25, 0.3) is 0 Å². The van der Waals surface area contributed by atoms with Crippen LogP contribution >= 0.6 is 0 Å². The van der Waals surface area contributed by atoms with Crippen molar-refractivity contribution in [1.29, 1.82) is 0 Å². The number of nitrogens with zero attached hydrogens (tertiary/aromatic N) is 1. The smallest absolute Gasteiger partial charge is 0.243 e. The first kappa shape index (κ1) is 9.85. The number of carbonyl (C=O) groups is 1. The quantitative estimate of drug-likeness (QED) is 0.771. The van der Waals surface area contributed by atoms with Crippen molar-refractivity contribution in [2.24, 2.45) is 5.73 Å². The Kier molecular flexibility index (Phi) is 2.04. The highest BCUT2D eigenvalue weighted by Gasteiger charge is 2.43. The van der Waals surface area contributed by atoms with Crippen molar-refractivity contribution < 1.29 is 4.79 Å². The van der Waals surface area contributed by atoms with Gasteiger partial charge in [0.15, 0.2) is 0 Å². The van der Waals surface area contributed by atoms with E-state index in [4.69, 9.17) is 5.73 Å². The van der Waals surface area contributed by atoms with E-state index in [9.17, 15) is 4.79 Å². The van der Waals surface area contributed by atoms with Crippen LogP contribution in [-0.2, 0) is 17.9 Å². The molecular formula is C13H16N2O. The third-order valence-corrected chi connectivity index (χ3v) is 3.80. The van der Waals surface area contributed by atoms with Gasteiger partial charge in [-0.25, -0.2) is 0 Å². The summed E-state index contributed by atoms with van der Waals surface area (Å²) >= 11 is 0. The molecule has 2 N–H and O–H groups in total. The van der Waals surface area contributed by atoms with E-state index in [0.717, 1.165) is 32.4 Å². The first-order valence-electron chi connectivity index (χ1n) is 5.84. The lowest BCUT2D eigenvalue weighted by Gasteiger charge is -2.39. The van der Waals surface area contributed by atoms with Gasteiger partial charge < -0.3 is 10.6 Å². The average molecular weight is 216 g/mol. The molecule has 1 fully saturated rings. The first-order valence-corrected chi connectivity index (χ1v) is 5.84. The summed E-state index contributed by atoms with van der Waals surface area (Å²) in [6, 6.07) is 8.22. The Hall–Kier alpha value is -1.35. The standard InChI is InChI=1S/C13H16N2O/c14-13(6-3-7-13)12(16)15-8-10-4-1-2-5-11(10)9-15/h1-2,4-5H,3,6-9,14H2. The molecular weight excluding hydrogens is 200 g/mol. The minimum atomic E-state index is -0.554. The van der Waals surface area contributed by atoms with E-state index < -0.39 is 5.54 Å². The summed E-state index contributed by atoms with van der Waals surface area (Å²) in [4.78, 5) is 14.1. The van der Waals surface area contributed by atoms with E-state index in [2.05, 4.69) is 12.1 Å². The molecule has 0 spiro atoms. The molecule has 3 nitrogen and oxygen atoms in total. The second-order valence-electron chi connectivity index (χ2n) is 4.94. The molecule has 0 aromatic heterocycles. The van der Waals surface area contributed by atoms with Crippen molar-refractivity contribution in [3.63, 3.8) is 0 Å². The zero-order valence-corrected chi connectivity index (χ0v) is 9.28. The molecule has 0 unspecified atom stereocenters. The molecule has 1 aromatic rings. The van der Waals surface area contributed by atoms with Gasteiger partial charge in [0.2, 0.25) is 5.91 Å². The van der Waals surface area contributed by atoms with E-state index in [1.54, 1.807) is 0 Å². The first-order chi connectivity index (χ1) is 7.69. The molecule has 0 radical (unpaired) electrons. The number of hydrogen-bond donors (Lipinski definition) is 1. The average Bonchev–Trinajstić information content (AvgIpc) is 2.68. The SMILES string of the molecule is NC1(C(=O)N2Cc3ccccc3C2)CCC1. The molecule has 1 amide bonds. The Morgan fingerprint density at radius 1 is 1.19 bits per heavy atom. The number of hydrogen-bond acceptors (Lipinski definition) is 2. The summed E-state index contributed by atoms with van der Waals surface area (Å²) in [5, 5.41) is 0. The van der Waals surface area contributed by atoms with Crippen molar-refractivity contribution in [2.75, 3.05) is 0 Å². The monoisotopic (exact) mass is 216 g/mol. The lowest BCUT2D eigenvalue weighted by molar-refractivity contribution is -0.140. The van der Waals surface area contributed by atoms with Crippen LogP contribution in [0.5, 0.6) is 0 Å². The van der Waals surface area contributed by atoms with E-state index in [1.165, 1.54) is 11.1 Å². The van der Waals surface area contributed by atoms with Crippen LogP contribution in [0.25, 0.3) is 0 Å². The minimum Gasteiger partial charge on any atom is -0.332 e. The van der Waals surface area contributed by atoms with Crippen LogP contribution < -0.4 is 5.73 Å². The molecule has 16 heavy (non-hydrogen) atoms. The Balaban J connectivity index is 1.78. The summed E-state index contributed by atoms with van der Waals surface area (Å²) in [7, 11) is 0. The summed E-state index contributed by atoms with van der Waals surface area (Å²) in [5.41, 5.74) is 8.04. The van der Waals surface area contributed by atoms with Crippen LogP contribution in [0.4, 0.5) is 0 Å². The predicted octanol–water partition coefficient (Wildman–Crippen LogP) is 1.41. The van der Waals surface area contributed by atoms with Crippen LogP contribution in [0, 0.1) is 0 Å². The Bertz CT molecular complexity index is 412. The van der Waals surface area contributed by atoms with Crippen molar-refractivity contribution in [1.82, 2.24) is 4.90 Å². The third kappa shape index (κ3) is 1.35. The van der Waals surface area contributed by atoms with Crippen molar-refractivity contribution in [3.8, 4) is 0 Å². The lowest BCUT2D eigenvalue weighted by Crippen LogP contribution is -2.58. The molecule has 1 aliphatic carbocycles. The van der Waals surface area contributed by atoms with Gasteiger partial charge in [-0.05, 0) is 30.4 Å². The minimum absolute atomic E-state index is 0.134. The maximum Gasteiger partial charge on any atom is 0.243 e. The summed E-state index contributed by atoms with van der Waals surface area (Å²) in [5.74, 6) is 0.134. The summed E-state index contributed by atoms with van der Waals surface area (Å²) < 4.78 is 0. The van der Waals surface area contributed by atoms with Crippen LogP contribution in [0.3, 0.4) is 0 Å². The summed E-state index contributed by atoms with van der Waals surface area (Å²) in [6.07, 6.45) is 2.78. The fraction of sp³-hybridized carbons (Fsp3) is 0.462. The van der Waals surface area contributed by atoms with Crippen LogP contribution in [0.2, 0.25) is 0 Å². The van der Waals surface area contributed by atoms with Crippen molar-refractivity contribution in [3.05, 3.63) is 35.4 Å². The number of fused-ring (bicyclic) bond motifs is 1. The highest BCUT2D eigenvalue weighted by molar-refractivity contribution is 5.87. The summed E-state index contributed by atoms with van der Waals surface area (Å²) in [6.45, 7) is 1.46. The molecule has 1 saturated carbocycles. The second kappa shape index (κ2) is 3.32. The van der Waals surface area contributed by atoms with Gasteiger partial charge in [0.1, 0.15) is 0 Å². The van der Waals surface area contributed by atoms with Gasteiger partial charge >= 0.3 is 0 Å². The second-order valence-corrected chi connectivity index (χ2v) is 4.94. The molecule has 1 aliphatic heterocycles. The van der Waals surface area contributed by atoms with Crippen LogP contribution in [-0.4, -0.2) is 16.3 Å². The number of benzene rings is 1. The maximum absolute atomic E-state index is 12.2. The Morgan fingerprint density at radius 2 is 1.75 bits per heavy atom. The van der Waals surface area contributed by atoms with Gasteiger partial charge in [-0.15, -0.1) is 0 Å². The van der Waals surface area contributed by atoms with Gasteiger partial charge in [-0.1, -0.05) is 24.3 Å². The molecule has 3 heteroatoms. The maximum atomic E-state index is 12.2. The van der Waals surface area contributed by atoms with E-state index in [1.807, 2.05) is 17.0 Å². The normalized spacial score (nSPS) is 21.4. The molecule has 1 heterocycles. The lowest BCUT2D eigenvalue weighted by atomic mass is 9.76. The van der Waals surface area contributed by atoms with E-state index in [-0.39, 0.29) is 5.91 Å². The third-order valence-electron chi connectivity index (χ3n) is 3.80. The molecule has 3 rings (SSSR count). The number of rotatable bonds is 1. The highest BCUT2D eigenvalue weighted by atomic mass is 16.2. The molecule has 2 aliphatic rings. The largest absolute Gasteiger partial charge is 0.332 e. The number of carbonyl (C=O) groups excluding carboxylic acids is 1. The molecule has 0 saturated heterocycles. The predicted molar refractivity (Wildman–Crippen MR) is 61.5 cm³/mol. The Labute approximate surface area is 95.2 Å². The van der Waals surface area contributed by atoms with Crippen molar-refractivity contribution >= 4 is 5.91 Å². The highest BCUT2D eigenvalue weighted by Crippen LogP contribution is 2.33. The van der Waals surface area contributed by atoms with Gasteiger partial charge in [-0.2, -0.15) is 0 Å². The van der Waals surface area contributed by atoms with Gasteiger partial charge in [0, 0.05) is 13.1 Å². The zero-order valence-electron chi connectivity index (χ0n) is 9.28. The Morgan fingerprint density at radius 3 is 2.19 bits per heavy atom. The molecule has 0 bridgehead atoms. The number of amides is 1. The van der Waals surface area contributed by atoms with E-state index in [0.29, 0.717) is 0 Å². The fourth-order valence-corrected chi connectivity index (χ4v) is 2.56. The fourth-order valence-electron chi connectivity index (χ4n) is 2.56. The number of nitrogens with two attached hydrogens (primary N) is 1. The van der Waals surface area contributed by atoms with Crippen LogP contribution in [0.15, 0.2) is 24.3 Å².